The number of nitrogens with zero attached hydrogens (tertiary/aromatic N) is 3. The molecule has 0 saturated carbocycles. The number of hydrogen-bond donors (Lipinski definition) is 1. The van der Waals surface area contributed by atoms with E-state index in [0.717, 1.165) is 23.9 Å². The van der Waals surface area contributed by atoms with Gasteiger partial charge in [-0.15, -0.1) is 11.3 Å². The highest BCUT2D eigenvalue weighted by Gasteiger charge is 2.22. The maximum Gasteiger partial charge on any atom is 0.185 e. The van der Waals surface area contributed by atoms with E-state index in [1.54, 1.807) is 11.3 Å². The minimum absolute atomic E-state index is 0.613. The Balaban J connectivity index is 1.99. The van der Waals surface area contributed by atoms with Gasteiger partial charge in [-0.3, -0.25) is 0 Å². The number of hydrogen-bond acceptors (Lipinski definition) is 5. The molecule has 1 aromatic rings. The Hall–Kier alpha value is -0.650. The van der Waals surface area contributed by atoms with Gasteiger partial charge in [-0.05, 0) is 33.5 Å². The van der Waals surface area contributed by atoms with Gasteiger partial charge in [0.05, 0.1) is 5.69 Å². The van der Waals surface area contributed by atoms with E-state index in [1.165, 1.54) is 19.4 Å². The predicted molar refractivity (Wildman–Crippen MR) is 73.8 cm³/mol. The van der Waals surface area contributed by atoms with Crippen molar-refractivity contribution in [2.45, 2.75) is 25.4 Å². The number of anilines is 1. The summed E-state index contributed by atoms with van der Waals surface area (Å²) in [5.41, 5.74) is 1.14. The van der Waals surface area contributed by atoms with Crippen molar-refractivity contribution in [2.75, 3.05) is 39.1 Å². The molecule has 0 bridgehead atoms. The van der Waals surface area contributed by atoms with Crippen molar-refractivity contribution in [2.24, 2.45) is 0 Å². The Labute approximate surface area is 108 Å². The Kier molecular flexibility index (Phi) is 4.36. The lowest BCUT2D eigenvalue weighted by atomic mass is 10.1. The van der Waals surface area contributed by atoms with Crippen LogP contribution in [0.1, 0.15) is 18.5 Å². The molecule has 1 atom stereocenters. The van der Waals surface area contributed by atoms with Crippen LogP contribution < -0.4 is 10.2 Å². The molecule has 96 valence electrons. The number of piperidine rings is 1. The minimum atomic E-state index is 0.613. The summed E-state index contributed by atoms with van der Waals surface area (Å²) < 4.78 is 0. The van der Waals surface area contributed by atoms with Crippen LogP contribution in [0.25, 0.3) is 0 Å². The average molecular weight is 254 g/mol. The molecule has 17 heavy (non-hydrogen) atoms. The van der Waals surface area contributed by atoms with Crippen molar-refractivity contribution in [3.05, 3.63) is 11.1 Å². The van der Waals surface area contributed by atoms with Gasteiger partial charge in [0.25, 0.3) is 0 Å². The average Bonchev–Trinajstić information content (AvgIpc) is 2.77. The third kappa shape index (κ3) is 3.18. The first-order chi connectivity index (χ1) is 8.20. The summed E-state index contributed by atoms with van der Waals surface area (Å²) in [6.45, 7) is 3.24. The zero-order valence-electron chi connectivity index (χ0n) is 10.9. The molecule has 1 unspecified atom stereocenters. The van der Waals surface area contributed by atoms with E-state index in [0.29, 0.717) is 6.04 Å². The number of aromatic nitrogens is 1. The maximum atomic E-state index is 4.66. The summed E-state index contributed by atoms with van der Waals surface area (Å²) in [5.74, 6) is 0. The van der Waals surface area contributed by atoms with Crippen LogP contribution in [0.3, 0.4) is 0 Å². The predicted octanol–water partition coefficient (Wildman–Crippen LogP) is 1.39. The molecule has 5 heteroatoms. The third-order valence-electron chi connectivity index (χ3n) is 3.35. The molecule has 1 fully saturated rings. The molecule has 0 amide bonds. The molecule has 4 nitrogen and oxygen atoms in total. The molecule has 1 saturated heterocycles. The molecule has 1 aromatic heterocycles. The smallest absolute Gasteiger partial charge is 0.185 e. The lowest BCUT2D eigenvalue weighted by Crippen LogP contribution is -2.45. The number of likely N-dealkylation sites (tertiary alicyclic amines) is 1. The number of likely N-dealkylation sites (N-methyl/N-ethyl adjacent to an activating group) is 2. The fraction of sp³-hybridized carbons (Fsp3) is 0.750. The van der Waals surface area contributed by atoms with Gasteiger partial charge in [-0.25, -0.2) is 4.98 Å². The van der Waals surface area contributed by atoms with Gasteiger partial charge in [0.1, 0.15) is 0 Å². The monoisotopic (exact) mass is 254 g/mol. The molecule has 1 aliphatic heterocycles. The molecular formula is C12H22N4S. The van der Waals surface area contributed by atoms with Gasteiger partial charge < -0.3 is 15.1 Å². The van der Waals surface area contributed by atoms with Crippen LogP contribution in [0.5, 0.6) is 0 Å². The van der Waals surface area contributed by atoms with Crippen LogP contribution >= 0.6 is 11.3 Å². The van der Waals surface area contributed by atoms with Crippen molar-refractivity contribution in [1.82, 2.24) is 15.2 Å². The number of rotatable bonds is 4. The Morgan fingerprint density at radius 3 is 3.18 bits per heavy atom. The zero-order valence-corrected chi connectivity index (χ0v) is 11.8. The van der Waals surface area contributed by atoms with Crippen LogP contribution in [0.2, 0.25) is 0 Å². The van der Waals surface area contributed by atoms with E-state index in [2.05, 4.69) is 39.6 Å². The topological polar surface area (TPSA) is 31.4 Å². The Bertz CT molecular complexity index is 352. The van der Waals surface area contributed by atoms with Gasteiger partial charge in [0.15, 0.2) is 5.13 Å². The molecule has 0 aliphatic carbocycles. The summed E-state index contributed by atoms with van der Waals surface area (Å²) in [7, 11) is 6.33. The van der Waals surface area contributed by atoms with Gasteiger partial charge >= 0.3 is 0 Å². The van der Waals surface area contributed by atoms with E-state index in [-0.39, 0.29) is 0 Å². The standard InChI is InChI=1S/C12H22N4S/c1-13-7-10-9-17-12(14-10)16(3)11-5-4-6-15(2)8-11/h9,11,13H,4-8H2,1-3H3. The third-order valence-corrected chi connectivity index (χ3v) is 4.33. The maximum absolute atomic E-state index is 4.66. The summed E-state index contributed by atoms with van der Waals surface area (Å²) in [6.07, 6.45) is 2.57. The highest BCUT2D eigenvalue weighted by molar-refractivity contribution is 7.13. The fourth-order valence-electron chi connectivity index (χ4n) is 2.33. The second-order valence-electron chi connectivity index (χ2n) is 4.82. The van der Waals surface area contributed by atoms with Crippen molar-refractivity contribution in [1.29, 1.82) is 0 Å². The Morgan fingerprint density at radius 1 is 1.65 bits per heavy atom. The molecule has 1 N–H and O–H groups in total. The SMILES string of the molecule is CNCc1csc(N(C)C2CCCN(C)C2)n1. The summed E-state index contributed by atoms with van der Waals surface area (Å²) in [5, 5.41) is 6.44. The first kappa shape index (κ1) is 12.8. The first-order valence-electron chi connectivity index (χ1n) is 6.21. The van der Waals surface area contributed by atoms with E-state index < -0.39 is 0 Å². The summed E-state index contributed by atoms with van der Waals surface area (Å²) in [4.78, 5) is 9.42. The Morgan fingerprint density at radius 2 is 2.47 bits per heavy atom. The number of nitrogens with one attached hydrogen (secondary N) is 1. The van der Waals surface area contributed by atoms with Gasteiger partial charge in [-0.2, -0.15) is 0 Å². The molecular weight excluding hydrogens is 232 g/mol. The van der Waals surface area contributed by atoms with Crippen LogP contribution in [-0.4, -0.2) is 50.2 Å². The summed E-state index contributed by atoms with van der Waals surface area (Å²) in [6, 6.07) is 0.613. The molecule has 2 heterocycles. The van der Waals surface area contributed by atoms with Crippen LogP contribution in [0, 0.1) is 0 Å². The van der Waals surface area contributed by atoms with Crippen molar-refractivity contribution < 1.29 is 0 Å². The highest BCUT2D eigenvalue weighted by atomic mass is 32.1. The molecule has 2 rings (SSSR count). The minimum Gasteiger partial charge on any atom is -0.347 e. The molecule has 0 radical (unpaired) electrons. The lowest BCUT2D eigenvalue weighted by molar-refractivity contribution is 0.248. The molecule has 0 spiro atoms. The van der Waals surface area contributed by atoms with E-state index in [9.17, 15) is 0 Å². The van der Waals surface area contributed by atoms with E-state index in [1.807, 2.05) is 7.05 Å². The largest absolute Gasteiger partial charge is 0.347 e. The quantitative estimate of drug-likeness (QED) is 0.880. The first-order valence-corrected chi connectivity index (χ1v) is 7.09. The molecule has 0 aromatic carbocycles. The highest BCUT2D eigenvalue weighted by Crippen LogP contribution is 2.24. The second kappa shape index (κ2) is 5.80. The zero-order chi connectivity index (χ0) is 12.3. The van der Waals surface area contributed by atoms with E-state index >= 15 is 0 Å². The molecule has 1 aliphatic rings. The van der Waals surface area contributed by atoms with Gasteiger partial charge in [0, 0.05) is 31.6 Å². The number of thiazole rings is 1. The van der Waals surface area contributed by atoms with Gasteiger partial charge in [-0.1, -0.05) is 0 Å². The normalized spacial score (nSPS) is 21.7. The van der Waals surface area contributed by atoms with Crippen LogP contribution in [-0.2, 0) is 6.54 Å². The van der Waals surface area contributed by atoms with E-state index in [4.69, 9.17) is 0 Å². The lowest BCUT2D eigenvalue weighted by Gasteiger charge is -2.35. The van der Waals surface area contributed by atoms with Crippen molar-refractivity contribution in [3.63, 3.8) is 0 Å². The van der Waals surface area contributed by atoms with Crippen molar-refractivity contribution >= 4 is 16.5 Å². The summed E-state index contributed by atoms with van der Waals surface area (Å²) >= 11 is 1.75. The second-order valence-corrected chi connectivity index (χ2v) is 5.66. The van der Waals surface area contributed by atoms with Crippen LogP contribution in [0.4, 0.5) is 5.13 Å². The van der Waals surface area contributed by atoms with Gasteiger partial charge in [0.2, 0.25) is 0 Å². The van der Waals surface area contributed by atoms with Crippen LogP contribution in [0.15, 0.2) is 5.38 Å². The van der Waals surface area contributed by atoms with Crippen molar-refractivity contribution in [3.8, 4) is 0 Å². The fourth-order valence-corrected chi connectivity index (χ4v) is 3.19.